The highest BCUT2D eigenvalue weighted by Crippen LogP contribution is 2.30. The molecule has 112 valence electrons. The Balaban J connectivity index is 2.27. The van der Waals surface area contributed by atoms with Crippen LogP contribution in [0.5, 0.6) is 0 Å². The molecule has 1 aliphatic heterocycles. The molecule has 1 aromatic carbocycles. The number of hydrogen-bond donors (Lipinski definition) is 1. The van der Waals surface area contributed by atoms with E-state index in [0.29, 0.717) is 22.5 Å². The number of anilines is 1. The lowest BCUT2D eigenvalue weighted by Gasteiger charge is -2.43. The molecule has 0 saturated carbocycles. The molecule has 0 aliphatic carbocycles. The van der Waals surface area contributed by atoms with Crippen LogP contribution in [0.1, 0.15) is 32.8 Å². The molecule has 4 heteroatoms. The number of nitrogens with zero attached hydrogens (tertiary/aromatic N) is 1. The van der Waals surface area contributed by atoms with Gasteiger partial charge in [0.25, 0.3) is 0 Å². The van der Waals surface area contributed by atoms with E-state index < -0.39 is 0 Å². The third-order valence-corrected chi connectivity index (χ3v) is 5.09. The average molecular weight is 343 g/mol. The Labute approximate surface area is 129 Å². The van der Waals surface area contributed by atoms with Crippen LogP contribution in [-0.2, 0) is 0 Å². The number of benzene rings is 1. The Bertz CT molecular complexity index is 478. The minimum absolute atomic E-state index is 0.184. The minimum atomic E-state index is -0.184. The zero-order chi connectivity index (χ0) is 14.9. The van der Waals surface area contributed by atoms with Crippen molar-refractivity contribution in [3.63, 3.8) is 0 Å². The normalized spacial score (nSPS) is 24.8. The number of halogens is 2. The van der Waals surface area contributed by atoms with Gasteiger partial charge in [-0.2, -0.15) is 0 Å². The van der Waals surface area contributed by atoms with Gasteiger partial charge in [0.15, 0.2) is 0 Å². The van der Waals surface area contributed by atoms with E-state index in [1.165, 1.54) is 0 Å². The Hall–Kier alpha value is -0.610. The largest absolute Gasteiger partial charge is 0.366 e. The highest BCUT2D eigenvalue weighted by atomic mass is 79.9. The molecular formula is C16H24BrFN2. The first-order valence-corrected chi connectivity index (χ1v) is 8.19. The van der Waals surface area contributed by atoms with Crippen LogP contribution in [0.4, 0.5) is 10.1 Å². The summed E-state index contributed by atoms with van der Waals surface area (Å²) in [6.45, 7) is 10.6. The van der Waals surface area contributed by atoms with E-state index in [1.807, 2.05) is 13.0 Å². The third kappa shape index (κ3) is 3.17. The average Bonchev–Trinajstić information content (AvgIpc) is 2.43. The third-order valence-electron chi connectivity index (χ3n) is 4.48. The van der Waals surface area contributed by atoms with Crippen molar-refractivity contribution in [3.8, 4) is 0 Å². The molecule has 0 bridgehead atoms. The van der Waals surface area contributed by atoms with Crippen molar-refractivity contribution in [3.05, 3.63) is 28.0 Å². The van der Waals surface area contributed by atoms with Crippen molar-refractivity contribution >= 4 is 21.6 Å². The monoisotopic (exact) mass is 342 g/mol. The van der Waals surface area contributed by atoms with Gasteiger partial charge in [0, 0.05) is 30.9 Å². The van der Waals surface area contributed by atoms with Crippen molar-refractivity contribution in [1.82, 2.24) is 5.32 Å². The Morgan fingerprint density at radius 2 is 2.20 bits per heavy atom. The Morgan fingerprint density at radius 1 is 1.50 bits per heavy atom. The van der Waals surface area contributed by atoms with Crippen LogP contribution in [0.25, 0.3) is 0 Å². The fraction of sp³-hybridized carbons (Fsp3) is 0.625. The lowest BCUT2D eigenvalue weighted by atomic mass is 9.95. The predicted octanol–water partition coefficient (Wildman–Crippen LogP) is 4.11. The van der Waals surface area contributed by atoms with Gasteiger partial charge in [0.2, 0.25) is 0 Å². The molecule has 1 fully saturated rings. The van der Waals surface area contributed by atoms with Gasteiger partial charge >= 0.3 is 0 Å². The lowest BCUT2D eigenvalue weighted by molar-refractivity contribution is 0.315. The van der Waals surface area contributed by atoms with Gasteiger partial charge in [-0.05, 0) is 53.4 Å². The lowest BCUT2D eigenvalue weighted by Crippen LogP contribution is -2.57. The smallest absolute Gasteiger partial charge is 0.139 e. The second-order valence-corrected chi connectivity index (χ2v) is 6.81. The maximum Gasteiger partial charge on any atom is 0.139 e. The molecule has 1 aliphatic rings. The van der Waals surface area contributed by atoms with Crippen LogP contribution in [-0.4, -0.2) is 25.2 Å². The molecule has 1 N–H and O–H groups in total. The van der Waals surface area contributed by atoms with Gasteiger partial charge in [-0.3, -0.25) is 0 Å². The molecule has 1 heterocycles. The van der Waals surface area contributed by atoms with E-state index in [0.717, 1.165) is 30.8 Å². The van der Waals surface area contributed by atoms with Gasteiger partial charge in [-0.25, -0.2) is 4.39 Å². The summed E-state index contributed by atoms with van der Waals surface area (Å²) in [5.74, 6) is 0.446. The summed E-state index contributed by atoms with van der Waals surface area (Å²) in [5.41, 5.74) is 2.14. The molecule has 1 saturated heterocycles. The summed E-state index contributed by atoms with van der Waals surface area (Å²) in [5, 5.41) is 3.62. The van der Waals surface area contributed by atoms with Crippen molar-refractivity contribution in [2.75, 3.05) is 18.0 Å². The van der Waals surface area contributed by atoms with Crippen molar-refractivity contribution in [2.45, 2.75) is 46.2 Å². The van der Waals surface area contributed by atoms with Gasteiger partial charge < -0.3 is 10.2 Å². The summed E-state index contributed by atoms with van der Waals surface area (Å²) in [6, 6.07) is 4.39. The SMILES string of the molecule is CCC(C)C1CN(c2cc(F)c(Br)cc2C)C(C)CN1. The minimum Gasteiger partial charge on any atom is -0.366 e. The summed E-state index contributed by atoms with van der Waals surface area (Å²) >= 11 is 3.26. The van der Waals surface area contributed by atoms with Crippen LogP contribution in [0, 0.1) is 18.7 Å². The first kappa shape index (κ1) is 15.8. The zero-order valence-electron chi connectivity index (χ0n) is 12.7. The van der Waals surface area contributed by atoms with Crippen LogP contribution in [0.2, 0.25) is 0 Å². The molecular weight excluding hydrogens is 319 g/mol. The standard InChI is InChI=1S/C16H24BrFN2/c1-5-10(2)15-9-20(12(4)8-19-15)16-7-14(18)13(17)6-11(16)3/h6-7,10,12,15,19H,5,8-9H2,1-4H3. The van der Waals surface area contributed by atoms with E-state index in [1.54, 1.807) is 6.07 Å². The van der Waals surface area contributed by atoms with Crippen LogP contribution < -0.4 is 10.2 Å². The molecule has 0 amide bonds. The van der Waals surface area contributed by atoms with E-state index in [4.69, 9.17) is 0 Å². The van der Waals surface area contributed by atoms with E-state index in [9.17, 15) is 4.39 Å². The number of piperazine rings is 1. The summed E-state index contributed by atoms with van der Waals surface area (Å²) in [4.78, 5) is 2.35. The summed E-state index contributed by atoms with van der Waals surface area (Å²) in [7, 11) is 0. The molecule has 2 nitrogen and oxygen atoms in total. The maximum atomic E-state index is 13.9. The van der Waals surface area contributed by atoms with Gasteiger partial charge in [-0.1, -0.05) is 20.3 Å². The van der Waals surface area contributed by atoms with Crippen molar-refractivity contribution in [2.24, 2.45) is 5.92 Å². The van der Waals surface area contributed by atoms with Crippen LogP contribution in [0.3, 0.4) is 0 Å². The topological polar surface area (TPSA) is 15.3 Å². The summed E-state index contributed by atoms with van der Waals surface area (Å²) in [6.07, 6.45) is 1.16. The molecule has 0 radical (unpaired) electrons. The number of hydrogen-bond acceptors (Lipinski definition) is 2. The van der Waals surface area contributed by atoms with Crippen molar-refractivity contribution in [1.29, 1.82) is 0 Å². The van der Waals surface area contributed by atoms with Gasteiger partial charge in [0.05, 0.1) is 4.47 Å². The van der Waals surface area contributed by atoms with E-state index in [-0.39, 0.29) is 5.82 Å². The maximum absolute atomic E-state index is 13.9. The first-order valence-electron chi connectivity index (χ1n) is 7.39. The second kappa shape index (κ2) is 6.44. The second-order valence-electron chi connectivity index (χ2n) is 5.95. The summed E-state index contributed by atoms with van der Waals surface area (Å²) < 4.78 is 14.4. The van der Waals surface area contributed by atoms with E-state index >= 15 is 0 Å². The highest BCUT2D eigenvalue weighted by molar-refractivity contribution is 9.10. The predicted molar refractivity (Wildman–Crippen MR) is 86.9 cm³/mol. The molecule has 2 rings (SSSR count). The highest BCUT2D eigenvalue weighted by Gasteiger charge is 2.29. The Kier molecular flexibility index (Phi) is 5.08. The Morgan fingerprint density at radius 3 is 2.85 bits per heavy atom. The fourth-order valence-electron chi connectivity index (χ4n) is 2.84. The molecule has 0 spiro atoms. The van der Waals surface area contributed by atoms with Crippen molar-refractivity contribution < 1.29 is 4.39 Å². The number of rotatable bonds is 3. The molecule has 3 unspecified atom stereocenters. The molecule has 3 atom stereocenters. The first-order chi connectivity index (χ1) is 9.43. The molecule has 20 heavy (non-hydrogen) atoms. The van der Waals surface area contributed by atoms with Gasteiger partial charge in [-0.15, -0.1) is 0 Å². The number of aryl methyl sites for hydroxylation is 1. The number of nitrogens with one attached hydrogen (secondary N) is 1. The zero-order valence-corrected chi connectivity index (χ0v) is 14.3. The fourth-order valence-corrected chi connectivity index (χ4v) is 3.29. The van der Waals surface area contributed by atoms with Crippen LogP contribution >= 0.6 is 15.9 Å². The quantitative estimate of drug-likeness (QED) is 0.889. The molecule has 1 aromatic rings. The van der Waals surface area contributed by atoms with Gasteiger partial charge in [0.1, 0.15) is 5.82 Å². The molecule has 0 aromatic heterocycles. The van der Waals surface area contributed by atoms with Crippen LogP contribution in [0.15, 0.2) is 16.6 Å². The van der Waals surface area contributed by atoms with E-state index in [2.05, 4.69) is 46.9 Å².